The molecule has 0 saturated carbocycles. The van der Waals surface area contributed by atoms with Crippen molar-refractivity contribution in [2.75, 3.05) is 26.0 Å². The third-order valence-electron chi connectivity index (χ3n) is 6.47. The molecule has 1 aromatic carbocycles. The lowest BCUT2D eigenvalue weighted by molar-refractivity contribution is -0.132. The summed E-state index contributed by atoms with van der Waals surface area (Å²) in [7, 11) is 3.57. The summed E-state index contributed by atoms with van der Waals surface area (Å²) in [6.07, 6.45) is 4.30. The van der Waals surface area contributed by atoms with Gasteiger partial charge in [0.2, 0.25) is 5.91 Å². The molecule has 1 unspecified atom stereocenters. The number of imidazole rings is 1. The number of nitrogens with two attached hydrogens (primary N) is 1. The van der Waals surface area contributed by atoms with Crippen LogP contribution in [-0.4, -0.2) is 47.3 Å². The second kappa shape index (κ2) is 12.7. The summed E-state index contributed by atoms with van der Waals surface area (Å²) in [6.45, 7) is 8.23. The Morgan fingerprint density at radius 2 is 2.08 bits per heavy atom. The van der Waals surface area contributed by atoms with Gasteiger partial charge in [0.25, 0.3) is 0 Å². The van der Waals surface area contributed by atoms with Gasteiger partial charge < -0.3 is 30.0 Å². The van der Waals surface area contributed by atoms with Gasteiger partial charge >= 0.3 is 0 Å². The molecule has 4 rings (SSSR count). The number of anilines is 1. The third-order valence-corrected chi connectivity index (χ3v) is 7.75. The Morgan fingerprint density at radius 3 is 2.69 bits per heavy atom. The van der Waals surface area contributed by atoms with Crippen LogP contribution in [0.4, 0.5) is 5.00 Å². The van der Waals surface area contributed by atoms with Crippen LogP contribution in [-0.2, 0) is 35.6 Å². The molecule has 0 spiro atoms. The summed E-state index contributed by atoms with van der Waals surface area (Å²) in [5.74, 6) is 2.11. The molecule has 1 amide bonds. The predicted molar refractivity (Wildman–Crippen MR) is 145 cm³/mol. The van der Waals surface area contributed by atoms with Crippen LogP contribution in [0.2, 0.25) is 0 Å². The number of hydrogen-bond donors (Lipinski definition) is 2. The maximum Gasteiger partial charge on any atom is 0.242 e. The number of aromatic nitrogens is 2. The number of ether oxygens (including phenoxy) is 1. The summed E-state index contributed by atoms with van der Waals surface area (Å²) in [4.78, 5) is 30.5. The molecule has 2 aromatic heterocycles. The standard InChI is InChI=1S/C16H23N5OS.C11H14O2/c1-10-7-21(11(2)19-10)9-15(22)20-5-4-12-13(6-17)16(18-3)23-14(12)8-20;1-9(7-8-12)10-5-3-4-6-11(10)13-2/h7,18H,4-6,8-9,17H2,1-3H3;3-6,8-9H,7H2,1-2H3. The number of carbonyl (C=O) groups excluding carboxylic acids is 2. The van der Waals surface area contributed by atoms with E-state index in [1.54, 1.807) is 18.4 Å². The number of para-hydroxylation sites is 1. The molecule has 0 radical (unpaired) electrons. The van der Waals surface area contributed by atoms with E-state index in [4.69, 9.17) is 10.5 Å². The van der Waals surface area contributed by atoms with Crippen LogP contribution in [0.25, 0.3) is 0 Å². The fraction of sp³-hybridized carbons (Fsp3) is 0.444. The zero-order valence-corrected chi connectivity index (χ0v) is 22.7. The number of benzene rings is 1. The molecule has 1 atom stereocenters. The molecule has 1 aliphatic heterocycles. The van der Waals surface area contributed by atoms with E-state index in [0.717, 1.165) is 47.1 Å². The molecule has 9 heteroatoms. The van der Waals surface area contributed by atoms with Crippen LogP contribution in [0.1, 0.15) is 52.3 Å². The fourth-order valence-corrected chi connectivity index (χ4v) is 5.76. The second-order valence-corrected chi connectivity index (χ2v) is 10.0. The minimum Gasteiger partial charge on any atom is -0.496 e. The highest BCUT2D eigenvalue weighted by molar-refractivity contribution is 7.16. The number of nitrogens with zero attached hydrogens (tertiary/aromatic N) is 3. The SMILES string of the molecule is CNc1sc2c(c1CN)CCN(C(=O)Cn1cc(C)nc1C)C2.COc1ccccc1C(C)CC=O. The van der Waals surface area contributed by atoms with E-state index in [-0.39, 0.29) is 11.8 Å². The molecule has 0 fully saturated rings. The lowest BCUT2D eigenvalue weighted by atomic mass is 9.98. The number of rotatable bonds is 8. The van der Waals surface area contributed by atoms with Crippen molar-refractivity contribution < 1.29 is 14.3 Å². The first-order valence-corrected chi connectivity index (χ1v) is 13.0. The Hall–Kier alpha value is -3.17. The van der Waals surface area contributed by atoms with Crippen molar-refractivity contribution in [1.82, 2.24) is 14.5 Å². The van der Waals surface area contributed by atoms with Gasteiger partial charge in [0.05, 0.1) is 24.3 Å². The van der Waals surface area contributed by atoms with Gasteiger partial charge in [0, 0.05) is 43.2 Å². The Morgan fingerprint density at radius 1 is 1.33 bits per heavy atom. The fourth-order valence-electron chi connectivity index (χ4n) is 4.52. The zero-order valence-electron chi connectivity index (χ0n) is 21.8. The molecular formula is C27H37N5O3S. The molecule has 3 N–H and O–H groups in total. The lowest BCUT2D eigenvalue weighted by Crippen LogP contribution is -2.37. The maximum absolute atomic E-state index is 12.6. The maximum atomic E-state index is 12.6. The smallest absolute Gasteiger partial charge is 0.242 e. The molecule has 0 saturated heterocycles. The molecule has 0 aliphatic carbocycles. The number of aryl methyl sites for hydroxylation is 2. The first kappa shape index (κ1) is 27.4. The Bertz CT molecular complexity index is 1190. The van der Waals surface area contributed by atoms with Crippen LogP contribution in [0.3, 0.4) is 0 Å². The second-order valence-electron chi connectivity index (χ2n) is 8.93. The van der Waals surface area contributed by atoms with Gasteiger partial charge in [-0.2, -0.15) is 0 Å². The highest BCUT2D eigenvalue weighted by atomic mass is 32.1. The largest absolute Gasteiger partial charge is 0.496 e. The van der Waals surface area contributed by atoms with Crippen molar-refractivity contribution in [3.05, 3.63) is 63.5 Å². The van der Waals surface area contributed by atoms with Crippen LogP contribution in [0.5, 0.6) is 5.75 Å². The topological polar surface area (TPSA) is 102 Å². The number of amides is 1. The number of nitrogens with one attached hydrogen (secondary N) is 1. The summed E-state index contributed by atoms with van der Waals surface area (Å²) in [5, 5.41) is 4.35. The average molecular weight is 512 g/mol. The molecule has 194 valence electrons. The molecule has 8 nitrogen and oxygen atoms in total. The number of methoxy groups -OCH3 is 1. The zero-order chi connectivity index (χ0) is 26.2. The minimum atomic E-state index is 0.143. The van der Waals surface area contributed by atoms with Crippen molar-refractivity contribution in [2.45, 2.75) is 59.2 Å². The van der Waals surface area contributed by atoms with Gasteiger partial charge in [-0.25, -0.2) is 4.98 Å². The van der Waals surface area contributed by atoms with Gasteiger partial charge in [-0.05, 0) is 43.4 Å². The van der Waals surface area contributed by atoms with Crippen LogP contribution < -0.4 is 15.8 Å². The van der Waals surface area contributed by atoms with Gasteiger partial charge in [0.15, 0.2) is 0 Å². The van der Waals surface area contributed by atoms with Crippen molar-refractivity contribution >= 4 is 28.5 Å². The van der Waals surface area contributed by atoms with Crippen molar-refractivity contribution in [2.24, 2.45) is 5.73 Å². The summed E-state index contributed by atoms with van der Waals surface area (Å²) < 4.78 is 7.12. The van der Waals surface area contributed by atoms with E-state index in [9.17, 15) is 9.59 Å². The van der Waals surface area contributed by atoms with Crippen LogP contribution >= 0.6 is 11.3 Å². The normalized spacial score (nSPS) is 13.3. The van der Waals surface area contributed by atoms with E-state index in [1.165, 1.54) is 16.0 Å². The molecule has 0 bridgehead atoms. The van der Waals surface area contributed by atoms with E-state index in [0.29, 0.717) is 26.1 Å². The molecule has 3 aromatic rings. The lowest BCUT2D eigenvalue weighted by Gasteiger charge is -2.27. The van der Waals surface area contributed by atoms with Gasteiger partial charge in [0.1, 0.15) is 24.4 Å². The van der Waals surface area contributed by atoms with Crippen LogP contribution in [0, 0.1) is 13.8 Å². The predicted octanol–water partition coefficient (Wildman–Crippen LogP) is 4.03. The van der Waals surface area contributed by atoms with Crippen molar-refractivity contribution in [3.8, 4) is 5.75 Å². The Balaban J connectivity index is 0.000000236. The summed E-state index contributed by atoms with van der Waals surface area (Å²) in [6, 6.07) is 7.79. The number of aldehydes is 1. The summed E-state index contributed by atoms with van der Waals surface area (Å²) >= 11 is 1.72. The molecule has 3 heterocycles. The Labute approximate surface area is 217 Å². The van der Waals surface area contributed by atoms with Crippen molar-refractivity contribution in [3.63, 3.8) is 0 Å². The highest BCUT2D eigenvalue weighted by Gasteiger charge is 2.26. The summed E-state index contributed by atoms with van der Waals surface area (Å²) in [5.41, 5.74) is 10.5. The van der Waals surface area contributed by atoms with E-state index >= 15 is 0 Å². The van der Waals surface area contributed by atoms with Gasteiger partial charge in [-0.15, -0.1) is 11.3 Å². The Kier molecular flexibility index (Phi) is 9.66. The first-order chi connectivity index (χ1) is 17.3. The highest BCUT2D eigenvalue weighted by Crippen LogP contribution is 2.36. The molecule has 36 heavy (non-hydrogen) atoms. The first-order valence-electron chi connectivity index (χ1n) is 12.2. The van der Waals surface area contributed by atoms with E-state index in [1.807, 2.05) is 67.7 Å². The number of thiophene rings is 1. The van der Waals surface area contributed by atoms with Gasteiger partial charge in [-0.3, -0.25) is 4.79 Å². The van der Waals surface area contributed by atoms with E-state index < -0.39 is 0 Å². The average Bonchev–Trinajstić information content (AvgIpc) is 3.41. The van der Waals surface area contributed by atoms with Crippen molar-refractivity contribution in [1.29, 1.82) is 0 Å². The van der Waals surface area contributed by atoms with E-state index in [2.05, 4.69) is 10.3 Å². The monoisotopic (exact) mass is 511 g/mol. The number of carbonyl (C=O) groups is 2. The molecule has 1 aliphatic rings. The number of hydrogen-bond acceptors (Lipinski definition) is 7. The molecular weight excluding hydrogens is 474 g/mol. The minimum absolute atomic E-state index is 0.143. The van der Waals surface area contributed by atoms with Gasteiger partial charge in [-0.1, -0.05) is 25.1 Å². The van der Waals surface area contributed by atoms with Crippen LogP contribution in [0.15, 0.2) is 30.5 Å². The third kappa shape index (κ3) is 6.33. The number of fused-ring (bicyclic) bond motifs is 1. The quantitative estimate of drug-likeness (QED) is 0.443.